The average Bonchev–Trinajstić information content (AvgIpc) is 2.90. The van der Waals surface area contributed by atoms with E-state index in [0.29, 0.717) is 0 Å². The number of aryl methyl sites for hydroxylation is 2. The van der Waals surface area contributed by atoms with Gasteiger partial charge in [-0.25, -0.2) is 0 Å². The number of nitrogens with one attached hydrogen (secondary N) is 1. The molecule has 2 aromatic carbocycles. The van der Waals surface area contributed by atoms with Crippen molar-refractivity contribution in [3.8, 4) is 0 Å². The number of Topliss-reactive ketones (excluding diaryl/α,β-unsaturated/α-hetero) is 1. The van der Waals surface area contributed by atoms with Crippen molar-refractivity contribution in [1.29, 1.82) is 0 Å². The van der Waals surface area contributed by atoms with Gasteiger partial charge in [-0.2, -0.15) is 0 Å². The molecule has 0 amide bonds. The highest BCUT2D eigenvalue weighted by molar-refractivity contribution is 9.10. The molecule has 2 nitrogen and oxygen atoms in total. The maximum absolute atomic E-state index is 12.7. The van der Waals surface area contributed by atoms with Crippen molar-refractivity contribution in [3.05, 3.63) is 68.8 Å². The Morgan fingerprint density at radius 2 is 1.83 bits per heavy atom. The van der Waals surface area contributed by atoms with Crippen molar-refractivity contribution in [3.63, 3.8) is 0 Å². The molecule has 4 heteroatoms. The van der Waals surface area contributed by atoms with E-state index in [9.17, 15) is 4.79 Å². The zero-order valence-corrected chi connectivity index (χ0v) is 16.0. The second-order valence-electron chi connectivity index (χ2n) is 6.31. The third-order valence-corrected chi connectivity index (χ3v) is 4.93. The molecule has 3 rings (SSSR count). The van der Waals surface area contributed by atoms with E-state index < -0.39 is 0 Å². The molecular weight excluding hydrogens is 386 g/mol. The van der Waals surface area contributed by atoms with Gasteiger partial charge in [0, 0.05) is 37.6 Å². The first-order chi connectivity index (χ1) is 11.5. The van der Waals surface area contributed by atoms with Crippen LogP contribution < -0.4 is 0 Å². The Kier molecular flexibility index (Phi) is 5.12. The Labute approximate surface area is 155 Å². The lowest BCUT2D eigenvalue weighted by molar-refractivity contribution is 0.0940. The number of hydrogen-bond donors (Lipinski definition) is 1. The predicted molar refractivity (Wildman–Crippen MR) is 104 cm³/mol. The molecular formula is C20H19BrClNO. The lowest BCUT2D eigenvalue weighted by Crippen LogP contribution is -2.10. The number of carbonyl (C=O) groups excluding carboxylic acids is 1. The Balaban J connectivity index is 1.97. The predicted octanol–water partition coefficient (Wildman–Crippen LogP) is 6.21. The number of hydrogen-bond acceptors (Lipinski definition) is 1. The van der Waals surface area contributed by atoms with Crippen molar-refractivity contribution >= 4 is 44.2 Å². The minimum absolute atomic E-state index is 0.0260. The fourth-order valence-corrected chi connectivity index (χ4v) is 3.39. The minimum Gasteiger partial charge on any atom is -0.358 e. The summed E-state index contributed by atoms with van der Waals surface area (Å²) in [6.07, 6.45) is 1.66. The number of aromatic amines is 1. The van der Waals surface area contributed by atoms with Gasteiger partial charge in [0.2, 0.25) is 0 Å². The van der Waals surface area contributed by atoms with Gasteiger partial charge < -0.3 is 4.98 Å². The summed E-state index contributed by atoms with van der Waals surface area (Å²) >= 11 is 9.44. The summed E-state index contributed by atoms with van der Waals surface area (Å²) in [6.45, 7) is 3.89. The summed E-state index contributed by atoms with van der Waals surface area (Å²) in [5, 5.41) is 1.74. The minimum atomic E-state index is -0.0260. The van der Waals surface area contributed by atoms with Crippen LogP contribution in [0, 0.1) is 5.92 Å². The molecule has 0 aliphatic rings. The van der Waals surface area contributed by atoms with Gasteiger partial charge in [-0.3, -0.25) is 4.79 Å². The van der Waals surface area contributed by atoms with E-state index in [0.717, 1.165) is 44.5 Å². The zero-order valence-electron chi connectivity index (χ0n) is 13.7. The molecule has 1 heterocycles. The highest BCUT2D eigenvalue weighted by Crippen LogP contribution is 2.28. The van der Waals surface area contributed by atoms with Gasteiger partial charge in [-0.05, 0) is 42.7 Å². The molecule has 0 bridgehead atoms. The average molecular weight is 405 g/mol. The summed E-state index contributed by atoms with van der Waals surface area (Å²) in [5.74, 6) is 0.164. The highest BCUT2D eigenvalue weighted by atomic mass is 79.9. The largest absolute Gasteiger partial charge is 0.358 e. The first-order valence-corrected chi connectivity index (χ1v) is 9.21. The Morgan fingerprint density at radius 1 is 1.12 bits per heavy atom. The van der Waals surface area contributed by atoms with E-state index in [-0.39, 0.29) is 11.7 Å². The van der Waals surface area contributed by atoms with E-state index in [1.165, 1.54) is 5.56 Å². The van der Waals surface area contributed by atoms with Crippen LogP contribution in [0.15, 0.2) is 46.9 Å². The van der Waals surface area contributed by atoms with Gasteiger partial charge in [-0.1, -0.05) is 59.6 Å². The van der Waals surface area contributed by atoms with Gasteiger partial charge in [-0.15, -0.1) is 0 Å². The lowest BCUT2D eigenvalue weighted by Gasteiger charge is -2.07. The molecule has 0 aliphatic heterocycles. The summed E-state index contributed by atoms with van der Waals surface area (Å²) in [6, 6.07) is 13.9. The molecule has 0 radical (unpaired) electrons. The summed E-state index contributed by atoms with van der Waals surface area (Å²) in [7, 11) is 0. The van der Waals surface area contributed by atoms with Crippen LogP contribution in [0.2, 0.25) is 5.02 Å². The maximum Gasteiger partial charge on any atom is 0.167 e. The number of benzene rings is 2. The topological polar surface area (TPSA) is 32.9 Å². The first kappa shape index (κ1) is 17.2. The first-order valence-electron chi connectivity index (χ1n) is 8.04. The third kappa shape index (κ3) is 3.57. The number of carbonyl (C=O) groups is 1. The molecule has 3 aromatic rings. The molecule has 0 saturated heterocycles. The maximum atomic E-state index is 12.7. The van der Waals surface area contributed by atoms with E-state index in [4.69, 9.17) is 11.6 Å². The number of ketones is 1. The van der Waals surface area contributed by atoms with Gasteiger partial charge in [0.1, 0.15) is 0 Å². The fraction of sp³-hybridized carbons (Fsp3) is 0.250. The van der Waals surface area contributed by atoms with Crippen LogP contribution >= 0.6 is 27.5 Å². The normalized spacial score (nSPS) is 11.4. The SMILES string of the molecule is CC(C)C(=O)c1c(CCc2ccc(Cl)cc2)[nH]c2cc(Br)ccc12. The second-order valence-corrected chi connectivity index (χ2v) is 7.67. The van der Waals surface area contributed by atoms with E-state index in [1.807, 2.05) is 56.3 Å². The fourth-order valence-electron chi connectivity index (χ4n) is 2.90. The van der Waals surface area contributed by atoms with Crippen molar-refractivity contribution < 1.29 is 4.79 Å². The molecule has 0 spiro atoms. The lowest BCUT2D eigenvalue weighted by atomic mass is 9.96. The van der Waals surface area contributed by atoms with E-state index in [1.54, 1.807) is 0 Å². The van der Waals surface area contributed by atoms with Crippen LogP contribution in [0.5, 0.6) is 0 Å². The quantitative estimate of drug-likeness (QED) is 0.504. The van der Waals surface area contributed by atoms with Gasteiger partial charge >= 0.3 is 0 Å². The smallest absolute Gasteiger partial charge is 0.167 e. The molecule has 0 atom stereocenters. The number of fused-ring (bicyclic) bond motifs is 1. The number of rotatable bonds is 5. The van der Waals surface area contributed by atoms with Crippen LogP contribution in [0.4, 0.5) is 0 Å². The highest BCUT2D eigenvalue weighted by Gasteiger charge is 2.20. The zero-order chi connectivity index (χ0) is 17.3. The van der Waals surface area contributed by atoms with Crippen LogP contribution in [-0.4, -0.2) is 10.8 Å². The summed E-state index contributed by atoms with van der Waals surface area (Å²) in [4.78, 5) is 16.2. The Morgan fingerprint density at radius 3 is 2.50 bits per heavy atom. The van der Waals surface area contributed by atoms with Gasteiger partial charge in [0.15, 0.2) is 5.78 Å². The molecule has 0 aliphatic carbocycles. The van der Waals surface area contributed by atoms with Crippen LogP contribution in [-0.2, 0) is 12.8 Å². The molecule has 0 fully saturated rings. The van der Waals surface area contributed by atoms with Crippen molar-refractivity contribution in [1.82, 2.24) is 4.98 Å². The van der Waals surface area contributed by atoms with Crippen molar-refractivity contribution in [2.24, 2.45) is 5.92 Å². The molecule has 24 heavy (non-hydrogen) atoms. The number of aromatic nitrogens is 1. The number of halogens is 2. The molecule has 1 N–H and O–H groups in total. The van der Waals surface area contributed by atoms with Crippen molar-refractivity contribution in [2.75, 3.05) is 0 Å². The standard InChI is InChI=1S/C20H19BrClNO/c1-12(2)20(24)19-16-9-6-14(21)11-18(16)23-17(19)10-5-13-3-7-15(22)8-4-13/h3-4,6-9,11-12,23H,5,10H2,1-2H3. The molecule has 0 saturated carbocycles. The summed E-state index contributed by atoms with van der Waals surface area (Å²) in [5.41, 5.74) is 4.06. The van der Waals surface area contributed by atoms with E-state index >= 15 is 0 Å². The monoisotopic (exact) mass is 403 g/mol. The second kappa shape index (κ2) is 7.12. The van der Waals surface area contributed by atoms with Gasteiger partial charge in [0.25, 0.3) is 0 Å². The van der Waals surface area contributed by atoms with Crippen LogP contribution in [0.3, 0.4) is 0 Å². The van der Waals surface area contributed by atoms with Crippen molar-refractivity contribution in [2.45, 2.75) is 26.7 Å². The van der Waals surface area contributed by atoms with Gasteiger partial charge in [0.05, 0.1) is 0 Å². The Hall–Kier alpha value is -1.58. The van der Waals surface area contributed by atoms with E-state index in [2.05, 4.69) is 20.9 Å². The molecule has 0 unspecified atom stereocenters. The van der Waals surface area contributed by atoms with Crippen LogP contribution in [0.25, 0.3) is 10.9 Å². The Bertz CT molecular complexity index is 881. The molecule has 124 valence electrons. The summed E-state index contributed by atoms with van der Waals surface area (Å²) < 4.78 is 1.00. The van der Waals surface area contributed by atoms with Crippen LogP contribution in [0.1, 0.15) is 35.5 Å². The molecule has 1 aromatic heterocycles. The number of H-pyrrole nitrogens is 1. The third-order valence-electron chi connectivity index (χ3n) is 4.19.